The first kappa shape index (κ1) is 23.2. The summed E-state index contributed by atoms with van der Waals surface area (Å²) in [6.45, 7) is 6.47. The standard InChI is InChI=1S/C25H36O4/c1-19(7-4-8-20(2)10-6-12-23-15-16-28-17-23)9-5-11-22-13-14-24(26)21(3)25(27)29-18-22/h7,10-11,15-17,21,24,26H,4-6,8-9,12-14,18H2,1-3H3/b19-7+,20-10+,22-11+/t21-,24-/m1/s1. The second-order valence-electron chi connectivity index (χ2n) is 8.21. The molecular formula is C25H36O4. The summed E-state index contributed by atoms with van der Waals surface area (Å²) in [7, 11) is 0. The maximum Gasteiger partial charge on any atom is 0.311 e. The summed E-state index contributed by atoms with van der Waals surface area (Å²) in [4.78, 5) is 11.8. The van der Waals surface area contributed by atoms with Crippen LogP contribution in [-0.2, 0) is 16.0 Å². The Bertz CT molecular complexity index is 709. The molecule has 0 saturated carbocycles. The van der Waals surface area contributed by atoms with Crippen molar-refractivity contribution in [1.29, 1.82) is 0 Å². The Morgan fingerprint density at radius 1 is 1.17 bits per heavy atom. The molecule has 2 atom stereocenters. The fourth-order valence-corrected chi connectivity index (χ4v) is 3.44. The normalized spacial score (nSPS) is 23.0. The number of aryl methyl sites for hydroxylation is 1. The first-order valence-corrected chi connectivity index (χ1v) is 10.8. The van der Waals surface area contributed by atoms with Gasteiger partial charge in [-0.15, -0.1) is 0 Å². The molecule has 1 fully saturated rings. The van der Waals surface area contributed by atoms with E-state index in [9.17, 15) is 9.90 Å². The molecule has 2 rings (SSSR count). The highest BCUT2D eigenvalue weighted by Gasteiger charge is 2.25. The van der Waals surface area contributed by atoms with Crippen molar-refractivity contribution >= 4 is 5.97 Å². The molecule has 29 heavy (non-hydrogen) atoms. The van der Waals surface area contributed by atoms with Gasteiger partial charge in [0.15, 0.2) is 0 Å². The molecule has 1 N–H and O–H groups in total. The van der Waals surface area contributed by atoms with Crippen molar-refractivity contribution in [3.05, 3.63) is 59.1 Å². The summed E-state index contributed by atoms with van der Waals surface area (Å²) in [5.74, 6) is -0.725. The maximum atomic E-state index is 11.8. The van der Waals surface area contributed by atoms with E-state index in [-0.39, 0.29) is 5.97 Å². The minimum atomic E-state index is -0.608. The van der Waals surface area contributed by atoms with E-state index in [4.69, 9.17) is 9.15 Å². The average Bonchev–Trinajstić information content (AvgIpc) is 3.21. The number of carbonyl (C=O) groups is 1. The fraction of sp³-hybridized carbons (Fsp3) is 0.560. The molecule has 0 spiro atoms. The predicted molar refractivity (Wildman–Crippen MR) is 116 cm³/mol. The third-order valence-electron chi connectivity index (χ3n) is 5.62. The van der Waals surface area contributed by atoms with Crippen molar-refractivity contribution in [3.63, 3.8) is 0 Å². The van der Waals surface area contributed by atoms with Gasteiger partial charge >= 0.3 is 5.97 Å². The SMILES string of the molecule is C/C(=C\CC/C(C)=C/CCc1ccoc1)CC/C=C1\CC[C@@H](O)[C@@H](C)C(=O)OC1. The van der Waals surface area contributed by atoms with Gasteiger partial charge in [0.05, 0.1) is 24.5 Å². The Morgan fingerprint density at radius 2 is 1.90 bits per heavy atom. The molecule has 1 saturated heterocycles. The predicted octanol–water partition coefficient (Wildman–Crippen LogP) is 5.93. The average molecular weight is 401 g/mol. The van der Waals surface area contributed by atoms with E-state index in [0.717, 1.165) is 50.5 Å². The molecule has 0 aliphatic carbocycles. The van der Waals surface area contributed by atoms with Crippen LogP contribution in [0, 0.1) is 5.92 Å². The lowest BCUT2D eigenvalue weighted by molar-refractivity contribution is -0.151. The topological polar surface area (TPSA) is 59.7 Å². The number of hydrogen-bond donors (Lipinski definition) is 1. The van der Waals surface area contributed by atoms with E-state index in [1.54, 1.807) is 13.2 Å². The zero-order valence-electron chi connectivity index (χ0n) is 18.2. The van der Waals surface area contributed by atoms with Crippen molar-refractivity contribution in [2.75, 3.05) is 6.61 Å². The van der Waals surface area contributed by atoms with E-state index in [1.807, 2.05) is 12.3 Å². The van der Waals surface area contributed by atoms with Gasteiger partial charge in [-0.2, -0.15) is 0 Å². The van der Waals surface area contributed by atoms with Crippen LogP contribution in [0.3, 0.4) is 0 Å². The minimum Gasteiger partial charge on any atom is -0.472 e. The Kier molecular flexibility index (Phi) is 9.99. The van der Waals surface area contributed by atoms with Gasteiger partial charge in [0.1, 0.15) is 6.61 Å². The summed E-state index contributed by atoms with van der Waals surface area (Å²) in [5.41, 5.74) is 5.20. The third kappa shape index (κ3) is 8.86. The molecule has 1 aliphatic heterocycles. The van der Waals surface area contributed by atoms with Crippen LogP contribution in [0.1, 0.15) is 71.3 Å². The molecule has 4 heteroatoms. The lowest BCUT2D eigenvalue weighted by Crippen LogP contribution is -2.30. The summed E-state index contributed by atoms with van der Waals surface area (Å²) < 4.78 is 10.4. The van der Waals surface area contributed by atoms with Crippen LogP contribution in [-0.4, -0.2) is 23.8 Å². The van der Waals surface area contributed by atoms with Gasteiger partial charge in [-0.05, 0) is 89.3 Å². The van der Waals surface area contributed by atoms with Crippen LogP contribution < -0.4 is 0 Å². The molecule has 2 heterocycles. The minimum absolute atomic E-state index is 0.299. The highest BCUT2D eigenvalue weighted by Crippen LogP contribution is 2.20. The molecule has 0 radical (unpaired) electrons. The van der Waals surface area contributed by atoms with E-state index < -0.39 is 12.0 Å². The van der Waals surface area contributed by atoms with Crippen molar-refractivity contribution in [3.8, 4) is 0 Å². The number of aliphatic hydroxyl groups is 1. The number of ether oxygens (including phenoxy) is 1. The number of esters is 1. The molecule has 1 aromatic heterocycles. The largest absolute Gasteiger partial charge is 0.472 e. The van der Waals surface area contributed by atoms with Crippen LogP contribution in [0.25, 0.3) is 0 Å². The molecule has 4 nitrogen and oxygen atoms in total. The number of allylic oxidation sites excluding steroid dienone is 5. The summed E-state index contributed by atoms with van der Waals surface area (Å²) >= 11 is 0. The maximum absolute atomic E-state index is 11.8. The molecule has 0 aromatic carbocycles. The Hall–Kier alpha value is -2.07. The number of aliphatic hydroxyl groups excluding tert-OH is 1. The second kappa shape index (κ2) is 12.5. The number of cyclic esters (lactones) is 1. The van der Waals surface area contributed by atoms with E-state index in [1.165, 1.54) is 16.7 Å². The summed E-state index contributed by atoms with van der Waals surface area (Å²) in [6, 6.07) is 2.02. The van der Waals surface area contributed by atoms with E-state index in [0.29, 0.717) is 13.0 Å². The monoisotopic (exact) mass is 400 g/mol. The molecule has 160 valence electrons. The molecule has 0 unspecified atom stereocenters. The lowest BCUT2D eigenvalue weighted by atomic mass is 9.96. The van der Waals surface area contributed by atoms with Crippen molar-refractivity contribution in [1.82, 2.24) is 0 Å². The first-order chi connectivity index (χ1) is 14.0. The van der Waals surface area contributed by atoms with Crippen molar-refractivity contribution in [2.24, 2.45) is 5.92 Å². The Morgan fingerprint density at radius 3 is 2.62 bits per heavy atom. The highest BCUT2D eigenvalue weighted by atomic mass is 16.5. The van der Waals surface area contributed by atoms with Gasteiger partial charge in [-0.3, -0.25) is 4.79 Å². The quantitative estimate of drug-likeness (QED) is 0.412. The zero-order valence-corrected chi connectivity index (χ0v) is 18.2. The van der Waals surface area contributed by atoms with Crippen LogP contribution in [0.15, 0.2) is 58.0 Å². The smallest absolute Gasteiger partial charge is 0.311 e. The molecular weight excluding hydrogens is 364 g/mol. The lowest BCUT2D eigenvalue weighted by Gasteiger charge is -2.22. The molecule has 1 aromatic rings. The van der Waals surface area contributed by atoms with Crippen LogP contribution in [0.2, 0.25) is 0 Å². The van der Waals surface area contributed by atoms with Gasteiger partial charge in [0.25, 0.3) is 0 Å². The zero-order chi connectivity index (χ0) is 21.1. The number of carbonyl (C=O) groups excluding carboxylic acids is 1. The fourth-order valence-electron chi connectivity index (χ4n) is 3.44. The Balaban J connectivity index is 1.67. The second-order valence-corrected chi connectivity index (χ2v) is 8.21. The van der Waals surface area contributed by atoms with Gasteiger partial charge in [0, 0.05) is 0 Å². The van der Waals surface area contributed by atoms with Crippen LogP contribution >= 0.6 is 0 Å². The Labute approximate surface area is 175 Å². The summed E-state index contributed by atoms with van der Waals surface area (Å²) in [6.07, 6.45) is 17.4. The summed E-state index contributed by atoms with van der Waals surface area (Å²) in [5, 5.41) is 9.98. The molecule has 0 amide bonds. The van der Waals surface area contributed by atoms with Crippen LogP contribution in [0.4, 0.5) is 0 Å². The highest BCUT2D eigenvalue weighted by molar-refractivity contribution is 5.73. The number of rotatable bonds is 9. The first-order valence-electron chi connectivity index (χ1n) is 10.8. The van der Waals surface area contributed by atoms with E-state index >= 15 is 0 Å². The molecule has 0 bridgehead atoms. The molecule has 1 aliphatic rings. The van der Waals surface area contributed by atoms with Gasteiger partial charge in [-0.1, -0.05) is 29.4 Å². The van der Waals surface area contributed by atoms with Gasteiger partial charge < -0.3 is 14.3 Å². The number of furan rings is 1. The van der Waals surface area contributed by atoms with Gasteiger partial charge in [0.2, 0.25) is 0 Å². The van der Waals surface area contributed by atoms with Gasteiger partial charge in [-0.25, -0.2) is 0 Å². The third-order valence-corrected chi connectivity index (χ3v) is 5.62. The van der Waals surface area contributed by atoms with Crippen LogP contribution in [0.5, 0.6) is 0 Å². The van der Waals surface area contributed by atoms with Crippen molar-refractivity contribution in [2.45, 2.75) is 78.2 Å². The number of hydrogen-bond acceptors (Lipinski definition) is 4. The van der Waals surface area contributed by atoms with Crippen molar-refractivity contribution < 1.29 is 19.1 Å². The van der Waals surface area contributed by atoms with E-state index in [2.05, 4.69) is 32.1 Å².